The maximum atomic E-state index is 5.79. The van der Waals surface area contributed by atoms with Crippen molar-refractivity contribution in [2.45, 2.75) is 20.4 Å². The van der Waals surface area contributed by atoms with E-state index < -0.39 is 0 Å². The number of hydrogen-bond acceptors (Lipinski definition) is 5. The molecule has 0 atom stereocenters. The molecule has 0 amide bonds. The fraction of sp³-hybridized carbons (Fsp3) is 0.333. The zero-order chi connectivity index (χ0) is 13.8. The van der Waals surface area contributed by atoms with Crippen molar-refractivity contribution in [1.29, 1.82) is 0 Å². The summed E-state index contributed by atoms with van der Waals surface area (Å²) in [5.41, 5.74) is 1.91. The summed E-state index contributed by atoms with van der Waals surface area (Å²) in [6.45, 7) is 5.26. The van der Waals surface area contributed by atoms with Gasteiger partial charge in [-0.2, -0.15) is 15.0 Å². The lowest BCUT2D eigenvalue weighted by Gasteiger charge is -2.20. The molecule has 2 aromatic heterocycles. The van der Waals surface area contributed by atoms with Gasteiger partial charge in [0, 0.05) is 12.2 Å². The van der Waals surface area contributed by atoms with Gasteiger partial charge in [0.1, 0.15) is 0 Å². The smallest absolute Gasteiger partial charge is 0.231 e. The molecule has 2 aromatic rings. The predicted octanol–water partition coefficient (Wildman–Crippen LogP) is 2.91. The van der Waals surface area contributed by atoms with Gasteiger partial charge in [-0.1, -0.05) is 6.07 Å². The van der Waals surface area contributed by atoms with Crippen LogP contribution in [0.2, 0.25) is 10.6 Å². The topological polar surface area (TPSA) is 54.8 Å². The van der Waals surface area contributed by atoms with Crippen LogP contribution in [0.3, 0.4) is 0 Å². The van der Waals surface area contributed by atoms with E-state index in [9.17, 15) is 0 Å². The molecule has 19 heavy (non-hydrogen) atoms. The van der Waals surface area contributed by atoms with Crippen molar-refractivity contribution < 1.29 is 0 Å². The summed E-state index contributed by atoms with van der Waals surface area (Å²) < 4.78 is 0. The molecule has 0 aromatic carbocycles. The van der Waals surface area contributed by atoms with E-state index in [4.69, 9.17) is 23.2 Å². The first-order valence-electron chi connectivity index (χ1n) is 5.83. The monoisotopic (exact) mass is 297 g/mol. The number of aromatic nitrogens is 4. The molecule has 100 valence electrons. The van der Waals surface area contributed by atoms with Crippen LogP contribution in [-0.2, 0) is 6.54 Å². The van der Waals surface area contributed by atoms with Gasteiger partial charge in [0.25, 0.3) is 0 Å². The number of halogens is 2. The molecule has 0 spiro atoms. The number of aryl methyl sites for hydroxylation is 1. The quantitative estimate of drug-likeness (QED) is 0.868. The van der Waals surface area contributed by atoms with Gasteiger partial charge in [-0.3, -0.25) is 4.98 Å². The standard InChI is InChI=1S/C12H13Cl2N5/c1-3-19(7-9-6-4-5-8(2)15-9)12-17-10(13)16-11(14)18-12/h4-6H,3,7H2,1-2H3. The van der Waals surface area contributed by atoms with Gasteiger partial charge >= 0.3 is 0 Å². The van der Waals surface area contributed by atoms with E-state index in [0.717, 1.165) is 11.4 Å². The van der Waals surface area contributed by atoms with Crippen molar-refractivity contribution in [2.24, 2.45) is 0 Å². The summed E-state index contributed by atoms with van der Waals surface area (Å²) in [6, 6.07) is 5.88. The molecule has 0 bridgehead atoms. The van der Waals surface area contributed by atoms with E-state index in [1.807, 2.05) is 36.9 Å². The molecule has 0 aliphatic heterocycles. The fourth-order valence-electron chi connectivity index (χ4n) is 1.66. The number of pyridine rings is 1. The molecular weight excluding hydrogens is 285 g/mol. The number of rotatable bonds is 4. The Kier molecular flexibility index (Phi) is 4.50. The third kappa shape index (κ3) is 3.75. The maximum absolute atomic E-state index is 5.79. The van der Waals surface area contributed by atoms with Crippen molar-refractivity contribution in [3.8, 4) is 0 Å². The highest BCUT2D eigenvalue weighted by Gasteiger charge is 2.12. The van der Waals surface area contributed by atoms with E-state index >= 15 is 0 Å². The van der Waals surface area contributed by atoms with Crippen LogP contribution in [0.1, 0.15) is 18.3 Å². The van der Waals surface area contributed by atoms with E-state index in [0.29, 0.717) is 19.0 Å². The largest absolute Gasteiger partial charge is 0.335 e. The zero-order valence-electron chi connectivity index (χ0n) is 10.6. The molecule has 0 saturated carbocycles. The van der Waals surface area contributed by atoms with Crippen molar-refractivity contribution in [3.05, 3.63) is 40.2 Å². The molecule has 0 unspecified atom stereocenters. The second-order valence-corrected chi connectivity index (χ2v) is 4.63. The van der Waals surface area contributed by atoms with Crippen molar-refractivity contribution in [1.82, 2.24) is 19.9 Å². The lowest BCUT2D eigenvalue weighted by molar-refractivity contribution is 0.765. The third-order valence-corrected chi connectivity index (χ3v) is 2.87. The second kappa shape index (κ2) is 6.12. The summed E-state index contributed by atoms with van der Waals surface area (Å²) in [7, 11) is 0. The minimum absolute atomic E-state index is 0.0886. The number of anilines is 1. The third-order valence-electron chi connectivity index (χ3n) is 2.53. The highest BCUT2D eigenvalue weighted by molar-refractivity contribution is 6.31. The van der Waals surface area contributed by atoms with E-state index in [1.54, 1.807) is 0 Å². The van der Waals surface area contributed by atoms with Crippen LogP contribution in [0, 0.1) is 6.92 Å². The molecule has 2 heterocycles. The average molecular weight is 298 g/mol. The van der Waals surface area contributed by atoms with Crippen LogP contribution in [0.5, 0.6) is 0 Å². The van der Waals surface area contributed by atoms with Gasteiger partial charge in [-0.15, -0.1) is 0 Å². The summed E-state index contributed by atoms with van der Waals surface area (Å²) in [4.78, 5) is 18.3. The highest BCUT2D eigenvalue weighted by atomic mass is 35.5. The second-order valence-electron chi connectivity index (χ2n) is 3.96. The van der Waals surface area contributed by atoms with Crippen molar-refractivity contribution >= 4 is 29.2 Å². The average Bonchev–Trinajstić information content (AvgIpc) is 2.34. The Morgan fingerprint density at radius 2 is 1.74 bits per heavy atom. The van der Waals surface area contributed by atoms with Gasteiger partial charge in [-0.05, 0) is 49.2 Å². The van der Waals surface area contributed by atoms with Crippen molar-refractivity contribution in [3.63, 3.8) is 0 Å². The Morgan fingerprint density at radius 1 is 1.05 bits per heavy atom. The molecular formula is C12H13Cl2N5. The Balaban J connectivity index is 2.24. The predicted molar refractivity (Wildman–Crippen MR) is 75.5 cm³/mol. The SMILES string of the molecule is CCN(Cc1cccc(C)n1)c1nc(Cl)nc(Cl)n1. The molecule has 0 radical (unpaired) electrons. The fourth-order valence-corrected chi connectivity index (χ4v) is 2.02. The molecule has 7 heteroatoms. The zero-order valence-corrected chi connectivity index (χ0v) is 12.2. The lowest BCUT2D eigenvalue weighted by atomic mass is 10.3. The number of nitrogens with zero attached hydrogens (tertiary/aromatic N) is 5. The minimum atomic E-state index is 0.0886. The Morgan fingerprint density at radius 3 is 2.32 bits per heavy atom. The minimum Gasteiger partial charge on any atom is -0.335 e. The van der Waals surface area contributed by atoms with E-state index in [2.05, 4.69) is 19.9 Å². The van der Waals surface area contributed by atoms with Crippen LogP contribution in [-0.4, -0.2) is 26.5 Å². The normalized spacial score (nSPS) is 10.5. The van der Waals surface area contributed by atoms with Crippen LogP contribution in [0.15, 0.2) is 18.2 Å². The Bertz CT molecular complexity index is 556. The van der Waals surface area contributed by atoms with Crippen LogP contribution >= 0.6 is 23.2 Å². The molecule has 0 saturated heterocycles. The molecule has 0 aliphatic carbocycles. The first kappa shape index (κ1) is 14.0. The summed E-state index contributed by atoms with van der Waals surface area (Å²) >= 11 is 11.6. The Labute approximate surface area is 121 Å². The summed E-state index contributed by atoms with van der Waals surface area (Å²) in [5.74, 6) is 0.454. The highest BCUT2D eigenvalue weighted by Crippen LogP contribution is 2.15. The van der Waals surface area contributed by atoms with Gasteiger partial charge in [0.05, 0.1) is 12.2 Å². The van der Waals surface area contributed by atoms with Crippen LogP contribution < -0.4 is 4.90 Å². The number of hydrogen-bond donors (Lipinski definition) is 0. The summed E-state index contributed by atoms with van der Waals surface area (Å²) in [5, 5.41) is 0.177. The summed E-state index contributed by atoms with van der Waals surface area (Å²) in [6.07, 6.45) is 0. The molecule has 0 aliphatic rings. The van der Waals surface area contributed by atoms with Gasteiger partial charge in [0.2, 0.25) is 16.5 Å². The first-order valence-corrected chi connectivity index (χ1v) is 6.58. The molecule has 0 fully saturated rings. The van der Waals surface area contributed by atoms with Gasteiger partial charge < -0.3 is 4.90 Å². The molecule has 0 N–H and O–H groups in total. The molecule has 5 nitrogen and oxygen atoms in total. The van der Waals surface area contributed by atoms with E-state index in [-0.39, 0.29) is 10.6 Å². The van der Waals surface area contributed by atoms with Gasteiger partial charge in [0.15, 0.2) is 0 Å². The Hall–Kier alpha value is -1.46. The van der Waals surface area contributed by atoms with Crippen LogP contribution in [0.25, 0.3) is 0 Å². The van der Waals surface area contributed by atoms with Crippen LogP contribution in [0.4, 0.5) is 5.95 Å². The van der Waals surface area contributed by atoms with Crippen molar-refractivity contribution in [2.75, 3.05) is 11.4 Å². The van der Waals surface area contributed by atoms with E-state index in [1.165, 1.54) is 0 Å². The molecule has 2 rings (SSSR count). The van der Waals surface area contributed by atoms with Gasteiger partial charge in [-0.25, -0.2) is 0 Å². The first-order chi connectivity index (χ1) is 9.08. The maximum Gasteiger partial charge on any atom is 0.231 e. The lowest BCUT2D eigenvalue weighted by Crippen LogP contribution is -2.25.